The van der Waals surface area contributed by atoms with Gasteiger partial charge >= 0.3 is 0 Å². The molecule has 2 aromatic carbocycles. The van der Waals surface area contributed by atoms with Crippen molar-refractivity contribution in [2.24, 2.45) is 5.73 Å². The average Bonchev–Trinajstić information content (AvgIpc) is 2.44. The number of carbonyl (C=O) groups excluding carboxylic acids is 1. The molecule has 0 heterocycles. The summed E-state index contributed by atoms with van der Waals surface area (Å²) in [5.41, 5.74) is 6.47. The van der Waals surface area contributed by atoms with Gasteiger partial charge in [0.1, 0.15) is 0 Å². The standard InChI is InChI=1S/C16H18N2OS/c1-18(9-8-15(17)20)16(19)11-12-6-7-13-4-2-3-5-14(13)10-12/h2-7,10H,8-9,11H2,1H3,(H2,17,20). The lowest BCUT2D eigenvalue weighted by atomic mass is 10.0. The Morgan fingerprint density at radius 3 is 2.60 bits per heavy atom. The fraction of sp³-hybridized carbons (Fsp3) is 0.250. The molecule has 0 unspecified atom stereocenters. The Morgan fingerprint density at radius 1 is 1.20 bits per heavy atom. The molecule has 2 aromatic rings. The van der Waals surface area contributed by atoms with Crippen molar-refractivity contribution in [1.82, 2.24) is 4.90 Å². The van der Waals surface area contributed by atoms with E-state index in [1.54, 1.807) is 11.9 Å². The molecule has 0 saturated heterocycles. The van der Waals surface area contributed by atoms with Crippen molar-refractivity contribution in [2.75, 3.05) is 13.6 Å². The van der Waals surface area contributed by atoms with Crippen molar-refractivity contribution < 1.29 is 4.79 Å². The predicted octanol–water partition coefficient (Wildman–Crippen LogP) is 2.52. The highest BCUT2D eigenvalue weighted by atomic mass is 32.1. The number of likely N-dealkylation sites (N-methyl/N-ethyl adjacent to an activating group) is 1. The van der Waals surface area contributed by atoms with E-state index >= 15 is 0 Å². The Morgan fingerprint density at radius 2 is 1.90 bits per heavy atom. The second kappa shape index (κ2) is 6.48. The summed E-state index contributed by atoms with van der Waals surface area (Å²) in [5, 5.41) is 2.34. The summed E-state index contributed by atoms with van der Waals surface area (Å²) in [6.07, 6.45) is 0.966. The van der Waals surface area contributed by atoms with Crippen molar-refractivity contribution in [1.29, 1.82) is 0 Å². The van der Waals surface area contributed by atoms with Crippen LogP contribution in [0.1, 0.15) is 12.0 Å². The van der Waals surface area contributed by atoms with Gasteiger partial charge in [-0.2, -0.15) is 0 Å². The highest BCUT2D eigenvalue weighted by Crippen LogP contribution is 2.16. The number of benzene rings is 2. The van der Waals surface area contributed by atoms with Crippen LogP contribution in [0, 0.1) is 0 Å². The average molecular weight is 286 g/mol. The van der Waals surface area contributed by atoms with Crippen LogP contribution in [-0.2, 0) is 11.2 Å². The molecular formula is C16H18N2OS. The maximum absolute atomic E-state index is 12.1. The third kappa shape index (κ3) is 3.78. The van der Waals surface area contributed by atoms with Crippen LogP contribution in [0.15, 0.2) is 42.5 Å². The quantitative estimate of drug-likeness (QED) is 0.859. The van der Waals surface area contributed by atoms with Gasteiger partial charge in [-0.1, -0.05) is 54.7 Å². The minimum absolute atomic E-state index is 0.0801. The smallest absolute Gasteiger partial charge is 0.226 e. The van der Waals surface area contributed by atoms with E-state index in [4.69, 9.17) is 18.0 Å². The van der Waals surface area contributed by atoms with Gasteiger partial charge in [0.15, 0.2) is 0 Å². The molecular weight excluding hydrogens is 268 g/mol. The second-order valence-electron chi connectivity index (χ2n) is 4.89. The lowest BCUT2D eigenvalue weighted by molar-refractivity contribution is -0.129. The fourth-order valence-electron chi connectivity index (χ4n) is 2.06. The van der Waals surface area contributed by atoms with Crippen molar-refractivity contribution in [3.05, 3.63) is 48.0 Å². The molecule has 4 heteroatoms. The second-order valence-corrected chi connectivity index (χ2v) is 5.41. The maximum atomic E-state index is 12.1. The summed E-state index contributed by atoms with van der Waals surface area (Å²) in [6, 6.07) is 14.2. The predicted molar refractivity (Wildman–Crippen MR) is 86.7 cm³/mol. The number of amides is 1. The third-order valence-corrected chi connectivity index (χ3v) is 3.49. The lowest BCUT2D eigenvalue weighted by Crippen LogP contribution is -2.31. The number of carbonyl (C=O) groups is 1. The summed E-state index contributed by atoms with van der Waals surface area (Å²) in [5.74, 6) is 0.0801. The summed E-state index contributed by atoms with van der Waals surface area (Å²) in [6.45, 7) is 0.571. The van der Waals surface area contributed by atoms with Gasteiger partial charge < -0.3 is 10.6 Å². The summed E-state index contributed by atoms with van der Waals surface area (Å²) in [7, 11) is 1.78. The van der Waals surface area contributed by atoms with E-state index in [9.17, 15) is 4.79 Å². The maximum Gasteiger partial charge on any atom is 0.226 e. The summed E-state index contributed by atoms with van der Waals surface area (Å²) in [4.78, 5) is 14.2. The number of nitrogens with two attached hydrogens (primary N) is 1. The van der Waals surface area contributed by atoms with Gasteiger partial charge in [0.05, 0.1) is 11.4 Å². The molecule has 0 bridgehead atoms. The Labute approximate surface area is 124 Å². The number of fused-ring (bicyclic) bond motifs is 1. The molecule has 3 nitrogen and oxygen atoms in total. The zero-order valence-corrected chi connectivity index (χ0v) is 12.3. The van der Waals surface area contributed by atoms with Gasteiger partial charge in [0.2, 0.25) is 5.91 Å². The van der Waals surface area contributed by atoms with Gasteiger partial charge in [0, 0.05) is 20.0 Å². The lowest BCUT2D eigenvalue weighted by Gasteiger charge is -2.16. The van der Waals surface area contributed by atoms with E-state index in [2.05, 4.69) is 18.2 Å². The van der Waals surface area contributed by atoms with E-state index in [-0.39, 0.29) is 5.91 Å². The van der Waals surface area contributed by atoms with Crippen LogP contribution in [0.3, 0.4) is 0 Å². The summed E-state index contributed by atoms with van der Waals surface area (Å²) < 4.78 is 0. The van der Waals surface area contributed by atoms with E-state index in [0.717, 1.165) is 10.9 Å². The molecule has 0 fully saturated rings. The van der Waals surface area contributed by atoms with Gasteiger partial charge in [-0.3, -0.25) is 4.79 Å². The van der Waals surface area contributed by atoms with Gasteiger partial charge in [-0.15, -0.1) is 0 Å². The zero-order chi connectivity index (χ0) is 14.5. The molecule has 0 spiro atoms. The van der Waals surface area contributed by atoms with Crippen molar-refractivity contribution in [3.8, 4) is 0 Å². The Hall–Kier alpha value is -1.94. The monoisotopic (exact) mass is 286 g/mol. The molecule has 0 atom stereocenters. The molecule has 0 aliphatic carbocycles. The largest absolute Gasteiger partial charge is 0.393 e. The Bertz CT molecular complexity index is 639. The first-order chi connectivity index (χ1) is 9.56. The molecule has 0 aliphatic heterocycles. The normalized spacial score (nSPS) is 10.4. The number of hydrogen-bond donors (Lipinski definition) is 1. The number of nitrogens with zero attached hydrogens (tertiary/aromatic N) is 1. The highest BCUT2D eigenvalue weighted by molar-refractivity contribution is 7.80. The number of rotatable bonds is 5. The van der Waals surface area contributed by atoms with Crippen LogP contribution in [0.4, 0.5) is 0 Å². The molecule has 0 radical (unpaired) electrons. The molecule has 0 saturated carbocycles. The van der Waals surface area contributed by atoms with Gasteiger partial charge in [-0.05, 0) is 16.3 Å². The van der Waals surface area contributed by atoms with Crippen LogP contribution in [0.5, 0.6) is 0 Å². The number of thiocarbonyl (C=S) groups is 1. The van der Waals surface area contributed by atoms with Gasteiger partial charge in [-0.25, -0.2) is 0 Å². The van der Waals surface area contributed by atoms with E-state index < -0.39 is 0 Å². The molecule has 0 aliphatic rings. The molecule has 20 heavy (non-hydrogen) atoms. The topological polar surface area (TPSA) is 46.3 Å². The molecule has 1 amide bonds. The molecule has 2 N–H and O–H groups in total. The zero-order valence-electron chi connectivity index (χ0n) is 11.5. The Kier molecular flexibility index (Phi) is 4.69. The molecule has 104 valence electrons. The van der Waals surface area contributed by atoms with Crippen LogP contribution in [0.25, 0.3) is 10.8 Å². The van der Waals surface area contributed by atoms with Crippen LogP contribution in [0.2, 0.25) is 0 Å². The minimum Gasteiger partial charge on any atom is -0.393 e. The molecule has 2 rings (SSSR count). The SMILES string of the molecule is CN(CCC(N)=S)C(=O)Cc1ccc2ccccc2c1. The first-order valence-corrected chi connectivity index (χ1v) is 6.97. The van der Waals surface area contributed by atoms with Crippen molar-refractivity contribution in [2.45, 2.75) is 12.8 Å². The van der Waals surface area contributed by atoms with E-state index in [1.165, 1.54) is 5.39 Å². The first-order valence-electron chi connectivity index (χ1n) is 6.56. The van der Waals surface area contributed by atoms with Crippen LogP contribution >= 0.6 is 12.2 Å². The number of hydrogen-bond acceptors (Lipinski definition) is 2. The minimum atomic E-state index is 0.0801. The van der Waals surface area contributed by atoms with Crippen LogP contribution in [-0.4, -0.2) is 29.4 Å². The first kappa shape index (κ1) is 14.5. The van der Waals surface area contributed by atoms with Crippen molar-refractivity contribution >= 4 is 33.9 Å². The van der Waals surface area contributed by atoms with Gasteiger partial charge in [0.25, 0.3) is 0 Å². The van der Waals surface area contributed by atoms with E-state index in [1.807, 2.05) is 24.3 Å². The fourth-order valence-corrected chi connectivity index (χ4v) is 2.15. The van der Waals surface area contributed by atoms with E-state index in [0.29, 0.717) is 24.4 Å². The summed E-state index contributed by atoms with van der Waals surface area (Å²) >= 11 is 4.82. The Balaban J connectivity index is 2.03. The van der Waals surface area contributed by atoms with Crippen LogP contribution < -0.4 is 5.73 Å². The molecule has 0 aromatic heterocycles. The third-order valence-electron chi connectivity index (χ3n) is 3.29. The highest BCUT2D eigenvalue weighted by Gasteiger charge is 2.10. The van der Waals surface area contributed by atoms with Crippen molar-refractivity contribution in [3.63, 3.8) is 0 Å².